The number of nitrogens with one attached hydrogen (secondary N) is 2. The number of nitrogens with zero attached hydrogens (tertiary/aromatic N) is 2. The lowest BCUT2D eigenvalue weighted by Gasteiger charge is -2.05. The van der Waals surface area contributed by atoms with Crippen molar-refractivity contribution in [1.82, 2.24) is 20.1 Å². The Hall–Kier alpha value is -3.41. The molecule has 0 aliphatic rings. The summed E-state index contributed by atoms with van der Waals surface area (Å²) >= 11 is 0. The molecule has 26 heavy (non-hydrogen) atoms. The number of rotatable bonds is 4. The number of amides is 1. The fraction of sp³-hybridized carbons (Fsp3) is 0.100. The minimum Gasteiger partial charge on any atom is -0.361 e. The molecule has 4 rings (SSSR count). The molecule has 0 fully saturated rings. The van der Waals surface area contributed by atoms with E-state index in [0.29, 0.717) is 17.9 Å². The van der Waals surface area contributed by atoms with Crippen LogP contribution in [0.3, 0.4) is 0 Å². The van der Waals surface area contributed by atoms with E-state index in [4.69, 9.17) is 0 Å². The second-order valence-electron chi connectivity index (χ2n) is 6.08. The van der Waals surface area contributed by atoms with Crippen LogP contribution in [0.25, 0.3) is 16.6 Å². The van der Waals surface area contributed by atoms with E-state index in [2.05, 4.69) is 15.4 Å². The topological polar surface area (TPSA) is 62.7 Å². The van der Waals surface area contributed by atoms with E-state index in [9.17, 15) is 9.18 Å². The molecule has 5 nitrogen and oxygen atoms in total. The summed E-state index contributed by atoms with van der Waals surface area (Å²) in [5, 5.41) is 8.20. The molecule has 0 spiro atoms. The van der Waals surface area contributed by atoms with Gasteiger partial charge in [0.1, 0.15) is 11.5 Å². The molecule has 0 bridgehead atoms. The Morgan fingerprint density at radius 2 is 1.96 bits per heavy atom. The molecule has 2 N–H and O–H groups in total. The summed E-state index contributed by atoms with van der Waals surface area (Å²) in [6, 6.07) is 15.9. The van der Waals surface area contributed by atoms with Crippen molar-refractivity contribution in [3.8, 4) is 5.69 Å². The molecule has 2 aromatic heterocycles. The Labute approximate surface area is 149 Å². The van der Waals surface area contributed by atoms with Gasteiger partial charge in [0.05, 0.1) is 0 Å². The molecule has 4 aromatic rings. The summed E-state index contributed by atoms with van der Waals surface area (Å²) in [6.07, 6.45) is 1.88. The number of halogens is 1. The number of hydrogen-bond acceptors (Lipinski definition) is 2. The van der Waals surface area contributed by atoms with Gasteiger partial charge in [-0.2, -0.15) is 5.10 Å². The zero-order valence-corrected chi connectivity index (χ0v) is 14.2. The second kappa shape index (κ2) is 6.48. The van der Waals surface area contributed by atoms with E-state index in [0.717, 1.165) is 16.5 Å². The normalized spacial score (nSPS) is 11.0. The van der Waals surface area contributed by atoms with E-state index in [1.165, 1.54) is 10.7 Å². The highest BCUT2D eigenvalue weighted by atomic mass is 19.1. The third-order valence-corrected chi connectivity index (χ3v) is 4.32. The van der Waals surface area contributed by atoms with Crippen LogP contribution in [-0.4, -0.2) is 20.7 Å². The molecule has 0 unspecified atom stereocenters. The summed E-state index contributed by atoms with van der Waals surface area (Å²) in [6.45, 7) is 2.17. The Kier molecular flexibility index (Phi) is 4.01. The zero-order valence-electron chi connectivity index (χ0n) is 14.2. The number of fused-ring (bicyclic) bond motifs is 1. The van der Waals surface area contributed by atoms with Crippen LogP contribution < -0.4 is 5.32 Å². The SMILES string of the molecule is Cc1cc(C(=O)NCc2c[nH]c3ccccc23)nn1-c1ccccc1F. The van der Waals surface area contributed by atoms with Gasteiger partial charge < -0.3 is 10.3 Å². The molecule has 0 aliphatic heterocycles. The van der Waals surface area contributed by atoms with Gasteiger partial charge in [0, 0.05) is 29.3 Å². The fourth-order valence-electron chi connectivity index (χ4n) is 3.00. The van der Waals surface area contributed by atoms with Crippen molar-refractivity contribution in [2.75, 3.05) is 0 Å². The highest BCUT2D eigenvalue weighted by Crippen LogP contribution is 2.18. The van der Waals surface area contributed by atoms with Gasteiger partial charge in [-0.3, -0.25) is 4.79 Å². The molecule has 6 heteroatoms. The third-order valence-electron chi connectivity index (χ3n) is 4.32. The number of aromatic amines is 1. The minimum absolute atomic E-state index is 0.255. The van der Waals surface area contributed by atoms with Gasteiger partial charge >= 0.3 is 0 Å². The van der Waals surface area contributed by atoms with Crippen LogP contribution in [-0.2, 0) is 6.54 Å². The van der Waals surface area contributed by atoms with Gasteiger partial charge in [-0.25, -0.2) is 9.07 Å². The van der Waals surface area contributed by atoms with Gasteiger partial charge in [0.2, 0.25) is 0 Å². The number of carbonyl (C=O) groups excluding carboxylic acids is 1. The van der Waals surface area contributed by atoms with Crippen molar-refractivity contribution in [2.45, 2.75) is 13.5 Å². The van der Waals surface area contributed by atoms with E-state index in [-0.39, 0.29) is 17.4 Å². The number of para-hydroxylation sites is 2. The van der Waals surface area contributed by atoms with Crippen LogP contribution in [0.5, 0.6) is 0 Å². The highest BCUT2D eigenvalue weighted by Gasteiger charge is 2.15. The van der Waals surface area contributed by atoms with Crippen LogP contribution in [0.1, 0.15) is 21.7 Å². The molecular formula is C20H17FN4O. The fourth-order valence-corrected chi connectivity index (χ4v) is 3.00. The maximum atomic E-state index is 14.0. The molecule has 0 radical (unpaired) electrons. The summed E-state index contributed by atoms with van der Waals surface area (Å²) < 4.78 is 15.4. The number of carbonyl (C=O) groups is 1. The van der Waals surface area contributed by atoms with Crippen molar-refractivity contribution >= 4 is 16.8 Å². The molecule has 0 saturated carbocycles. The van der Waals surface area contributed by atoms with Crippen LogP contribution in [0.4, 0.5) is 4.39 Å². The summed E-state index contributed by atoms with van der Waals surface area (Å²) in [5.74, 6) is -0.682. The Bertz CT molecular complexity index is 1100. The molecule has 130 valence electrons. The summed E-state index contributed by atoms with van der Waals surface area (Å²) in [4.78, 5) is 15.6. The maximum Gasteiger partial charge on any atom is 0.272 e. The van der Waals surface area contributed by atoms with Crippen molar-refractivity contribution in [2.24, 2.45) is 0 Å². The summed E-state index contributed by atoms with van der Waals surface area (Å²) in [5.41, 5.74) is 3.29. The molecule has 2 aromatic carbocycles. The van der Waals surface area contributed by atoms with Crippen LogP contribution in [0.2, 0.25) is 0 Å². The largest absolute Gasteiger partial charge is 0.361 e. The first-order valence-electron chi connectivity index (χ1n) is 8.28. The Morgan fingerprint density at radius 3 is 2.81 bits per heavy atom. The average molecular weight is 348 g/mol. The number of H-pyrrole nitrogens is 1. The van der Waals surface area contributed by atoms with Gasteiger partial charge in [0.25, 0.3) is 5.91 Å². The molecular weight excluding hydrogens is 331 g/mol. The standard InChI is InChI=1S/C20H17FN4O/c1-13-10-18(24-25(13)19-9-5-3-7-16(19)21)20(26)23-12-14-11-22-17-8-4-2-6-15(14)17/h2-11,22H,12H2,1H3,(H,23,26). The van der Waals surface area contributed by atoms with E-state index in [1.807, 2.05) is 30.5 Å². The Morgan fingerprint density at radius 1 is 1.19 bits per heavy atom. The van der Waals surface area contributed by atoms with Crippen LogP contribution in [0.15, 0.2) is 60.8 Å². The van der Waals surface area contributed by atoms with Crippen LogP contribution in [0, 0.1) is 12.7 Å². The molecule has 0 saturated heterocycles. The van der Waals surface area contributed by atoms with E-state index in [1.54, 1.807) is 31.2 Å². The minimum atomic E-state index is -0.385. The number of hydrogen-bond donors (Lipinski definition) is 2. The molecule has 0 aliphatic carbocycles. The molecule has 2 heterocycles. The second-order valence-corrected chi connectivity index (χ2v) is 6.08. The van der Waals surface area contributed by atoms with Gasteiger partial charge in [-0.1, -0.05) is 30.3 Å². The maximum absolute atomic E-state index is 14.0. The Balaban J connectivity index is 1.54. The van der Waals surface area contributed by atoms with Crippen molar-refractivity contribution < 1.29 is 9.18 Å². The predicted molar refractivity (Wildman–Crippen MR) is 97.7 cm³/mol. The first-order chi connectivity index (χ1) is 12.6. The monoisotopic (exact) mass is 348 g/mol. The number of aryl methyl sites for hydroxylation is 1. The van der Waals surface area contributed by atoms with Gasteiger partial charge in [-0.05, 0) is 36.8 Å². The van der Waals surface area contributed by atoms with Crippen LogP contribution >= 0.6 is 0 Å². The number of benzene rings is 2. The zero-order chi connectivity index (χ0) is 18.1. The van der Waals surface area contributed by atoms with E-state index < -0.39 is 0 Å². The lowest BCUT2D eigenvalue weighted by Crippen LogP contribution is -2.23. The highest BCUT2D eigenvalue weighted by molar-refractivity contribution is 5.93. The van der Waals surface area contributed by atoms with Crippen molar-refractivity contribution in [3.05, 3.63) is 83.6 Å². The van der Waals surface area contributed by atoms with Crippen molar-refractivity contribution in [1.29, 1.82) is 0 Å². The predicted octanol–water partition coefficient (Wildman–Crippen LogP) is 3.73. The van der Waals surface area contributed by atoms with Gasteiger partial charge in [0.15, 0.2) is 5.69 Å². The third kappa shape index (κ3) is 2.86. The van der Waals surface area contributed by atoms with E-state index >= 15 is 0 Å². The lowest BCUT2D eigenvalue weighted by molar-refractivity contribution is 0.0945. The molecule has 1 amide bonds. The number of aromatic nitrogens is 3. The van der Waals surface area contributed by atoms with Gasteiger partial charge in [-0.15, -0.1) is 0 Å². The first kappa shape index (κ1) is 16.1. The molecule has 0 atom stereocenters. The average Bonchev–Trinajstić information content (AvgIpc) is 3.24. The quantitative estimate of drug-likeness (QED) is 0.590. The summed E-state index contributed by atoms with van der Waals surface area (Å²) in [7, 11) is 0. The smallest absolute Gasteiger partial charge is 0.272 e. The lowest BCUT2D eigenvalue weighted by atomic mass is 10.2. The first-order valence-corrected chi connectivity index (χ1v) is 8.28. The van der Waals surface area contributed by atoms with Crippen molar-refractivity contribution in [3.63, 3.8) is 0 Å².